The highest BCUT2D eigenvalue weighted by molar-refractivity contribution is 6.39. The molecule has 3 unspecified atom stereocenters. The van der Waals surface area contributed by atoms with E-state index in [0.29, 0.717) is 12.8 Å². The topological polar surface area (TPSA) is 162 Å². The first-order valence-electron chi connectivity index (χ1n) is 11.0. The van der Waals surface area contributed by atoms with Gasteiger partial charge in [-0.3, -0.25) is 15.4 Å². The summed E-state index contributed by atoms with van der Waals surface area (Å²) in [7, 11) is 0. The Morgan fingerprint density at radius 1 is 1.34 bits per heavy atom. The van der Waals surface area contributed by atoms with Crippen molar-refractivity contribution in [2.45, 2.75) is 63.9 Å². The molecule has 3 atom stereocenters. The largest absolute Gasteiger partial charge is 0.480 e. The van der Waals surface area contributed by atoms with Gasteiger partial charge < -0.3 is 30.6 Å². The minimum Gasteiger partial charge on any atom is -0.480 e. The third kappa shape index (κ3) is 9.52. The highest BCUT2D eigenvalue weighted by atomic mass is 16.6. The van der Waals surface area contributed by atoms with Gasteiger partial charge >= 0.3 is 12.1 Å². The van der Waals surface area contributed by atoms with Crippen LogP contribution < -0.4 is 26.6 Å². The number of rotatable bonds is 14. The second kappa shape index (κ2) is 14.2. The van der Waals surface area contributed by atoms with E-state index >= 15 is 0 Å². The molecule has 0 fully saturated rings. The van der Waals surface area contributed by atoms with Crippen LogP contribution in [0.25, 0.3) is 0 Å². The van der Waals surface area contributed by atoms with Crippen LogP contribution in [0.3, 0.4) is 0 Å². The van der Waals surface area contributed by atoms with Gasteiger partial charge in [0.1, 0.15) is 24.1 Å². The van der Waals surface area contributed by atoms with E-state index < -0.39 is 24.0 Å². The predicted octanol–water partition coefficient (Wildman–Crippen LogP) is -0.0230. The van der Waals surface area contributed by atoms with E-state index in [1.54, 1.807) is 0 Å². The summed E-state index contributed by atoms with van der Waals surface area (Å²) in [4.78, 5) is 40.6. The van der Waals surface area contributed by atoms with Crippen molar-refractivity contribution in [3.63, 3.8) is 0 Å². The number of hydrogen-bond acceptors (Lipinski definition) is 9. The fourth-order valence-corrected chi connectivity index (χ4v) is 3.05. The molecule has 0 saturated heterocycles. The normalized spacial score (nSPS) is 20.5. The van der Waals surface area contributed by atoms with E-state index in [1.165, 1.54) is 0 Å². The standard InChI is InChI=1S/C20H34N6O6/c1-2-3-11-31-20(30)25-16(18(28)29)13-24-17(27)15-12-14(32-26-15)7-4-5-8-21-19-22-9-6-10-23-19/h6,9,14,16,19,21-23H,2-5,7-8,10-13H2,1H3,(H,24,27)(H,25,30)(H,28,29). The lowest BCUT2D eigenvalue weighted by Crippen LogP contribution is -2.53. The molecule has 2 rings (SSSR count). The van der Waals surface area contributed by atoms with Gasteiger partial charge in [-0.05, 0) is 38.4 Å². The van der Waals surface area contributed by atoms with Crippen LogP contribution >= 0.6 is 0 Å². The summed E-state index contributed by atoms with van der Waals surface area (Å²) >= 11 is 0. The number of aliphatic carboxylic acids is 1. The van der Waals surface area contributed by atoms with Crippen molar-refractivity contribution in [2.75, 3.05) is 26.2 Å². The van der Waals surface area contributed by atoms with Gasteiger partial charge in [0.25, 0.3) is 5.91 Å². The number of carboxylic acid groups (broad SMARTS) is 1. The summed E-state index contributed by atoms with van der Waals surface area (Å²) in [6.45, 7) is 3.53. The molecule has 0 aliphatic carbocycles. The lowest BCUT2D eigenvalue weighted by molar-refractivity contribution is -0.139. The summed E-state index contributed by atoms with van der Waals surface area (Å²) < 4.78 is 4.89. The van der Waals surface area contributed by atoms with Crippen LogP contribution in [0.15, 0.2) is 17.4 Å². The molecule has 0 saturated carbocycles. The number of oxime groups is 1. The minimum absolute atomic E-state index is 0.0728. The third-order valence-corrected chi connectivity index (χ3v) is 4.90. The molecule has 6 N–H and O–H groups in total. The fraction of sp³-hybridized carbons (Fsp3) is 0.700. The van der Waals surface area contributed by atoms with Crippen molar-refractivity contribution in [2.24, 2.45) is 5.16 Å². The Morgan fingerprint density at radius 2 is 2.19 bits per heavy atom. The van der Waals surface area contributed by atoms with Gasteiger partial charge in [0.2, 0.25) is 0 Å². The number of carbonyl (C=O) groups excluding carboxylic acids is 2. The van der Waals surface area contributed by atoms with E-state index in [2.05, 4.69) is 31.7 Å². The number of ether oxygens (including phenoxy) is 1. The Balaban J connectivity index is 1.60. The van der Waals surface area contributed by atoms with Crippen LogP contribution in [0.4, 0.5) is 4.79 Å². The number of carbonyl (C=O) groups is 3. The smallest absolute Gasteiger partial charge is 0.407 e. The highest BCUT2D eigenvalue weighted by Crippen LogP contribution is 2.16. The molecule has 12 nitrogen and oxygen atoms in total. The first-order valence-corrected chi connectivity index (χ1v) is 11.0. The minimum atomic E-state index is -1.30. The van der Waals surface area contributed by atoms with Crippen molar-refractivity contribution in [1.82, 2.24) is 26.6 Å². The van der Waals surface area contributed by atoms with Crippen molar-refractivity contribution >= 4 is 23.7 Å². The van der Waals surface area contributed by atoms with Gasteiger partial charge in [-0.25, -0.2) is 9.59 Å². The van der Waals surface area contributed by atoms with Crippen molar-refractivity contribution in [3.8, 4) is 0 Å². The van der Waals surface area contributed by atoms with Gasteiger partial charge in [-0.1, -0.05) is 24.6 Å². The first kappa shape index (κ1) is 25.4. The Kier molecular flexibility index (Phi) is 11.3. The summed E-state index contributed by atoms with van der Waals surface area (Å²) in [5.74, 6) is -1.78. The van der Waals surface area contributed by atoms with Crippen LogP contribution in [0, 0.1) is 0 Å². The van der Waals surface area contributed by atoms with E-state index in [9.17, 15) is 19.5 Å². The molecule has 2 heterocycles. The zero-order chi connectivity index (χ0) is 23.2. The molecule has 2 aliphatic rings. The van der Waals surface area contributed by atoms with Crippen LogP contribution in [0.1, 0.15) is 45.4 Å². The molecular weight excluding hydrogens is 420 g/mol. The van der Waals surface area contributed by atoms with E-state index in [1.807, 2.05) is 19.2 Å². The molecule has 0 bridgehead atoms. The van der Waals surface area contributed by atoms with Crippen molar-refractivity contribution in [3.05, 3.63) is 12.3 Å². The number of amides is 2. The Morgan fingerprint density at radius 3 is 2.91 bits per heavy atom. The molecule has 12 heteroatoms. The lowest BCUT2D eigenvalue weighted by atomic mass is 10.1. The summed E-state index contributed by atoms with van der Waals surface area (Å²) in [6.07, 6.45) is 7.51. The quantitative estimate of drug-likeness (QED) is 0.198. The molecule has 0 aromatic carbocycles. The maximum Gasteiger partial charge on any atom is 0.407 e. The van der Waals surface area contributed by atoms with Gasteiger partial charge in [0.05, 0.1) is 6.61 Å². The molecule has 0 spiro atoms. The lowest BCUT2D eigenvalue weighted by Gasteiger charge is -2.22. The Hall–Kier alpha value is -2.86. The second-order valence-corrected chi connectivity index (χ2v) is 7.56. The van der Waals surface area contributed by atoms with Crippen LogP contribution in [0.2, 0.25) is 0 Å². The number of nitrogens with one attached hydrogen (secondary N) is 5. The summed E-state index contributed by atoms with van der Waals surface area (Å²) in [5, 5.41) is 27.5. The maximum atomic E-state index is 12.3. The summed E-state index contributed by atoms with van der Waals surface area (Å²) in [5.41, 5.74) is 0.213. The van der Waals surface area contributed by atoms with Gasteiger partial charge in [-0.2, -0.15) is 0 Å². The summed E-state index contributed by atoms with van der Waals surface area (Å²) in [6, 6.07) is -1.30. The molecule has 32 heavy (non-hydrogen) atoms. The average Bonchev–Trinajstić information content (AvgIpc) is 3.26. The fourth-order valence-electron chi connectivity index (χ4n) is 3.05. The molecule has 0 aromatic rings. The van der Waals surface area contributed by atoms with Crippen molar-refractivity contribution in [1.29, 1.82) is 0 Å². The second-order valence-electron chi connectivity index (χ2n) is 7.56. The average molecular weight is 455 g/mol. The highest BCUT2D eigenvalue weighted by Gasteiger charge is 2.27. The molecule has 2 amide bonds. The molecule has 2 aliphatic heterocycles. The number of hydrogen-bond donors (Lipinski definition) is 6. The van der Waals surface area contributed by atoms with Crippen LogP contribution in [-0.2, 0) is 19.2 Å². The molecule has 0 aromatic heterocycles. The number of alkyl carbamates (subject to hydrolysis) is 1. The zero-order valence-corrected chi connectivity index (χ0v) is 18.4. The SMILES string of the molecule is CCCCOC(=O)NC(CNC(=O)C1=NOC(CCCCNC2NC=CCN2)C1)C(=O)O. The van der Waals surface area contributed by atoms with Gasteiger partial charge in [0, 0.05) is 19.5 Å². The number of unbranched alkanes of at least 4 members (excludes halogenated alkanes) is 2. The third-order valence-electron chi connectivity index (χ3n) is 4.90. The van der Waals surface area contributed by atoms with E-state index in [-0.39, 0.29) is 31.3 Å². The Labute approximate surface area is 187 Å². The number of carboxylic acids is 1. The number of nitrogens with zero attached hydrogens (tertiary/aromatic N) is 1. The van der Waals surface area contributed by atoms with E-state index in [4.69, 9.17) is 9.57 Å². The molecular formula is C20H34N6O6. The Bertz CT molecular complexity index is 685. The van der Waals surface area contributed by atoms with Crippen molar-refractivity contribution < 1.29 is 29.1 Å². The first-order chi connectivity index (χ1) is 15.5. The monoisotopic (exact) mass is 454 g/mol. The predicted molar refractivity (Wildman–Crippen MR) is 117 cm³/mol. The maximum absolute atomic E-state index is 12.3. The zero-order valence-electron chi connectivity index (χ0n) is 18.4. The van der Waals surface area contributed by atoms with Crippen LogP contribution in [-0.4, -0.2) is 73.5 Å². The van der Waals surface area contributed by atoms with Crippen LogP contribution in [0.5, 0.6) is 0 Å². The molecule has 180 valence electrons. The van der Waals surface area contributed by atoms with Gasteiger partial charge in [-0.15, -0.1) is 0 Å². The van der Waals surface area contributed by atoms with E-state index in [0.717, 1.165) is 38.8 Å². The molecule has 0 radical (unpaired) electrons. The van der Waals surface area contributed by atoms with Gasteiger partial charge in [0.15, 0.2) is 0 Å².